The van der Waals surface area contributed by atoms with E-state index >= 15 is 0 Å². The summed E-state index contributed by atoms with van der Waals surface area (Å²) in [5.74, 6) is 1.55. The fourth-order valence-electron chi connectivity index (χ4n) is 2.85. The summed E-state index contributed by atoms with van der Waals surface area (Å²) >= 11 is 0. The van der Waals surface area contributed by atoms with Crippen molar-refractivity contribution in [3.8, 4) is 11.5 Å². The van der Waals surface area contributed by atoms with Crippen molar-refractivity contribution in [1.82, 2.24) is 9.62 Å². The molecule has 0 saturated carbocycles. The van der Waals surface area contributed by atoms with E-state index in [-0.39, 0.29) is 16.8 Å². The Morgan fingerprint density at radius 2 is 1.69 bits per heavy atom. The van der Waals surface area contributed by atoms with E-state index in [1.165, 1.54) is 35.6 Å². The van der Waals surface area contributed by atoms with Crippen LogP contribution in [-0.4, -0.2) is 45.4 Å². The quantitative estimate of drug-likeness (QED) is 0.544. The molecule has 0 aliphatic heterocycles. The van der Waals surface area contributed by atoms with Gasteiger partial charge in [0.05, 0.1) is 18.6 Å². The molecule has 32 heavy (non-hydrogen) atoms. The van der Waals surface area contributed by atoms with Crippen LogP contribution in [0.25, 0.3) is 0 Å². The second kappa shape index (κ2) is 11.3. The van der Waals surface area contributed by atoms with Gasteiger partial charge in [0.25, 0.3) is 5.91 Å². The molecule has 0 aromatic heterocycles. The molecular formula is C24H34N2O5S. The molecule has 0 atom stereocenters. The molecular weight excluding hydrogens is 428 g/mol. The maximum absolute atomic E-state index is 12.6. The summed E-state index contributed by atoms with van der Waals surface area (Å²) in [5.41, 5.74) is 1.25. The van der Waals surface area contributed by atoms with Crippen molar-refractivity contribution in [3.05, 3.63) is 53.6 Å². The number of nitrogens with zero attached hydrogens (tertiary/aromatic N) is 1. The first-order valence-electron chi connectivity index (χ1n) is 10.7. The Balaban J connectivity index is 2.01. The summed E-state index contributed by atoms with van der Waals surface area (Å²) in [6.45, 7) is 8.81. The molecule has 8 heteroatoms. The minimum atomic E-state index is -3.58. The summed E-state index contributed by atoms with van der Waals surface area (Å²) in [6.07, 6.45) is 0.953. The first kappa shape index (κ1) is 25.7. The van der Waals surface area contributed by atoms with Crippen molar-refractivity contribution < 1.29 is 22.7 Å². The Hall–Kier alpha value is -2.58. The van der Waals surface area contributed by atoms with Crippen LogP contribution in [0.4, 0.5) is 0 Å². The third kappa shape index (κ3) is 6.71. The van der Waals surface area contributed by atoms with E-state index < -0.39 is 10.0 Å². The smallest absolute Gasteiger partial charge is 0.251 e. The Morgan fingerprint density at radius 1 is 1.03 bits per heavy atom. The molecule has 0 aliphatic carbocycles. The fourth-order valence-corrected chi connectivity index (χ4v) is 4.22. The first-order valence-corrected chi connectivity index (χ1v) is 12.2. The van der Waals surface area contributed by atoms with Gasteiger partial charge in [-0.15, -0.1) is 0 Å². The van der Waals surface area contributed by atoms with Crippen molar-refractivity contribution in [3.63, 3.8) is 0 Å². The molecule has 0 spiro atoms. The van der Waals surface area contributed by atoms with Gasteiger partial charge in [0.15, 0.2) is 11.5 Å². The number of rotatable bonds is 11. The van der Waals surface area contributed by atoms with Gasteiger partial charge in [-0.2, -0.15) is 4.31 Å². The van der Waals surface area contributed by atoms with Crippen molar-refractivity contribution >= 4 is 15.9 Å². The number of hydrogen-bond acceptors (Lipinski definition) is 5. The molecule has 0 aliphatic rings. The number of benzene rings is 2. The molecule has 0 radical (unpaired) electrons. The summed E-state index contributed by atoms with van der Waals surface area (Å²) in [5, 5.41) is 2.85. The summed E-state index contributed by atoms with van der Waals surface area (Å²) < 4.78 is 37.6. The predicted octanol–water partition coefficient (Wildman–Crippen LogP) is 4.08. The highest BCUT2D eigenvalue weighted by atomic mass is 32.2. The van der Waals surface area contributed by atoms with Crippen LogP contribution in [0.15, 0.2) is 47.4 Å². The Kier molecular flexibility index (Phi) is 9.09. The lowest BCUT2D eigenvalue weighted by Gasteiger charge is -2.21. The van der Waals surface area contributed by atoms with E-state index in [1.807, 2.05) is 18.2 Å². The molecule has 1 amide bonds. The minimum Gasteiger partial charge on any atom is -0.493 e. The van der Waals surface area contributed by atoms with Gasteiger partial charge in [-0.25, -0.2) is 8.42 Å². The third-order valence-corrected chi connectivity index (χ3v) is 7.20. The highest BCUT2D eigenvalue weighted by Gasteiger charge is 2.23. The average molecular weight is 463 g/mol. The zero-order valence-electron chi connectivity index (χ0n) is 19.7. The number of ether oxygens (including phenoxy) is 2. The van der Waals surface area contributed by atoms with Crippen molar-refractivity contribution in [2.75, 3.05) is 20.8 Å². The first-order chi connectivity index (χ1) is 15.1. The standard InChI is InChI=1S/C24H34N2O5S/c1-17(2)13-14-31-22-12-7-19(15-23(22)30-6)16-25-24(27)20-8-10-21(11-9-20)32(28,29)26(5)18(3)4/h7-12,15,17-18H,13-14,16H2,1-6H3,(H,25,27). The topological polar surface area (TPSA) is 84.9 Å². The van der Waals surface area contributed by atoms with Crippen molar-refractivity contribution in [1.29, 1.82) is 0 Å². The lowest BCUT2D eigenvalue weighted by atomic mass is 10.1. The van der Waals surface area contributed by atoms with Gasteiger partial charge in [-0.1, -0.05) is 19.9 Å². The zero-order valence-corrected chi connectivity index (χ0v) is 20.5. The number of carbonyl (C=O) groups excluding carboxylic acids is 1. The average Bonchev–Trinajstić information content (AvgIpc) is 2.77. The second-order valence-corrected chi connectivity index (χ2v) is 10.3. The number of sulfonamides is 1. The minimum absolute atomic E-state index is 0.156. The van der Waals surface area contributed by atoms with Gasteiger partial charge in [-0.05, 0) is 68.1 Å². The van der Waals surface area contributed by atoms with Crippen LogP contribution in [0, 0.1) is 5.92 Å². The van der Waals surface area contributed by atoms with Gasteiger partial charge in [-0.3, -0.25) is 4.79 Å². The molecule has 0 unspecified atom stereocenters. The lowest BCUT2D eigenvalue weighted by Crippen LogP contribution is -2.33. The van der Waals surface area contributed by atoms with Crippen LogP contribution in [0.1, 0.15) is 50.0 Å². The van der Waals surface area contributed by atoms with Crippen LogP contribution >= 0.6 is 0 Å². The maximum atomic E-state index is 12.6. The largest absolute Gasteiger partial charge is 0.493 e. The van der Waals surface area contributed by atoms with Crippen LogP contribution in [0.5, 0.6) is 11.5 Å². The molecule has 2 rings (SSSR count). The van der Waals surface area contributed by atoms with E-state index in [0.717, 1.165) is 12.0 Å². The normalized spacial score (nSPS) is 11.8. The molecule has 0 fully saturated rings. The van der Waals surface area contributed by atoms with E-state index in [4.69, 9.17) is 9.47 Å². The van der Waals surface area contributed by atoms with Gasteiger partial charge in [0.1, 0.15) is 0 Å². The van der Waals surface area contributed by atoms with E-state index in [1.54, 1.807) is 21.0 Å². The molecule has 0 heterocycles. The molecule has 1 N–H and O–H groups in total. The fraction of sp³-hybridized carbons (Fsp3) is 0.458. The summed E-state index contributed by atoms with van der Waals surface area (Å²) in [6, 6.07) is 11.3. The van der Waals surface area contributed by atoms with Gasteiger partial charge < -0.3 is 14.8 Å². The SMILES string of the molecule is COc1cc(CNC(=O)c2ccc(S(=O)(=O)N(C)C(C)C)cc2)ccc1OCCC(C)C. The van der Waals surface area contributed by atoms with E-state index in [2.05, 4.69) is 19.2 Å². The number of nitrogens with one attached hydrogen (secondary N) is 1. The summed E-state index contributed by atoms with van der Waals surface area (Å²) in [7, 11) is -0.464. The monoisotopic (exact) mass is 462 g/mol. The zero-order chi connectivity index (χ0) is 23.9. The Labute approximate surface area is 191 Å². The van der Waals surface area contributed by atoms with E-state index in [9.17, 15) is 13.2 Å². The van der Waals surface area contributed by atoms with E-state index in [0.29, 0.717) is 36.1 Å². The number of carbonyl (C=O) groups is 1. The molecule has 7 nitrogen and oxygen atoms in total. The molecule has 2 aromatic rings. The van der Waals surface area contributed by atoms with Crippen molar-refractivity contribution in [2.45, 2.75) is 51.6 Å². The highest BCUT2D eigenvalue weighted by Crippen LogP contribution is 2.28. The van der Waals surface area contributed by atoms with Gasteiger partial charge in [0.2, 0.25) is 10.0 Å². The number of methoxy groups -OCH3 is 1. The maximum Gasteiger partial charge on any atom is 0.251 e. The van der Waals surface area contributed by atoms with Crippen LogP contribution in [-0.2, 0) is 16.6 Å². The lowest BCUT2D eigenvalue weighted by molar-refractivity contribution is 0.0950. The highest BCUT2D eigenvalue weighted by molar-refractivity contribution is 7.89. The number of amides is 1. The summed E-state index contributed by atoms with van der Waals surface area (Å²) in [4.78, 5) is 12.7. The van der Waals surface area contributed by atoms with Crippen molar-refractivity contribution in [2.24, 2.45) is 5.92 Å². The molecule has 2 aromatic carbocycles. The molecule has 0 saturated heterocycles. The van der Waals surface area contributed by atoms with Gasteiger partial charge >= 0.3 is 0 Å². The predicted molar refractivity (Wildman–Crippen MR) is 126 cm³/mol. The van der Waals surface area contributed by atoms with Crippen LogP contribution in [0.3, 0.4) is 0 Å². The molecule has 176 valence electrons. The third-order valence-electron chi connectivity index (χ3n) is 5.15. The van der Waals surface area contributed by atoms with Crippen LogP contribution in [0.2, 0.25) is 0 Å². The second-order valence-electron chi connectivity index (χ2n) is 8.34. The van der Waals surface area contributed by atoms with Crippen LogP contribution < -0.4 is 14.8 Å². The number of hydrogen-bond donors (Lipinski definition) is 1. The Morgan fingerprint density at radius 3 is 2.25 bits per heavy atom. The van der Waals surface area contributed by atoms with Gasteiger partial charge in [0, 0.05) is 25.2 Å². The Bertz CT molecular complexity index is 1000. The molecule has 0 bridgehead atoms.